The number of pyridine rings is 1. The third kappa shape index (κ3) is 3.55. The van der Waals surface area contributed by atoms with Gasteiger partial charge in [0.1, 0.15) is 10.7 Å². The van der Waals surface area contributed by atoms with Crippen molar-refractivity contribution < 1.29 is 8.42 Å². The predicted octanol–water partition coefficient (Wildman–Crippen LogP) is 2.79. The molecule has 1 aromatic rings. The maximum atomic E-state index is 13.0. The van der Waals surface area contributed by atoms with Crippen LogP contribution in [0.5, 0.6) is 0 Å². The fourth-order valence-corrected chi connectivity index (χ4v) is 5.91. The second-order valence-electron chi connectivity index (χ2n) is 4.96. The van der Waals surface area contributed by atoms with Crippen LogP contribution in [-0.2, 0) is 10.0 Å². The van der Waals surface area contributed by atoms with Crippen molar-refractivity contribution in [3.63, 3.8) is 0 Å². The lowest BCUT2D eigenvalue weighted by atomic mass is 10.2. The van der Waals surface area contributed by atoms with Crippen LogP contribution in [0.2, 0.25) is 0 Å². The molecule has 1 N–H and O–H groups in total. The van der Waals surface area contributed by atoms with Gasteiger partial charge in [0.25, 0.3) is 0 Å². The third-order valence-electron chi connectivity index (χ3n) is 3.58. The van der Waals surface area contributed by atoms with E-state index in [1.54, 1.807) is 16.6 Å². The van der Waals surface area contributed by atoms with E-state index in [4.69, 9.17) is 0 Å². The molecule has 0 bridgehead atoms. The number of sulfonamides is 1. The Morgan fingerprint density at radius 1 is 1.52 bits per heavy atom. The highest BCUT2D eigenvalue weighted by molar-refractivity contribution is 9.10. The molecule has 2 heterocycles. The second-order valence-corrected chi connectivity index (χ2v) is 9.22. The van der Waals surface area contributed by atoms with Gasteiger partial charge in [0.15, 0.2) is 0 Å². The van der Waals surface area contributed by atoms with E-state index in [2.05, 4.69) is 33.2 Å². The Kier molecular flexibility index (Phi) is 5.56. The lowest BCUT2D eigenvalue weighted by Gasteiger charge is -2.36. The number of thioether (sulfide) groups is 1. The predicted molar refractivity (Wildman–Crippen MR) is 91.4 cm³/mol. The zero-order valence-electron chi connectivity index (χ0n) is 12.3. The third-order valence-corrected chi connectivity index (χ3v) is 7.35. The Labute approximate surface area is 139 Å². The molecule has 5 nitrogen and oxygen atoms in total. The number of rotatable bonds is 4. The molecule has 0 spiro atoms. The Morgan fingerprint density at radius 3 is 2.90 bits per heavy atom. The maximum Gasteiger partial charge on any atom is 0.247 e. The first-order valence-corrected chi connectivity index (χ1v) is 10.2. The zero-order valence-corrected chi connectivity index (χ0v) is 15.6. The van der Waals surface area contributed by atoms with E-state index in [0.717, 1.165) is 5.75 Å². The Hall–Kier alpha value is -0.310. The summed E-state index contributed by atoms with van der Waals surface area (Å²) in [6.07, 6.45) is 1.61. The van der Waals surface area contributed by atoms with Gasteiger partial charge in [0, 0.05) is 40.8 Å². The first-order chi connectivity index (χ1) is 9.87. The van der Waals surface area contributed by atoms with Crippen molar-refractivity contribution >= 4 is 43.5 Å². The highest BCUT2D eigenvalue weighted by Crippen LogP contribution is 2.32. The minimum absolute atomic E-state index is 0.0257. The minimum Gasteiger partial charge on any atom is -0.369 e. The van der Waals surface area contributed by atoms with E-state index in [-0.39, 0.29) is 16.2 Å². The van der Waals surface area contributed by atoms with Crippen LogP contribution >= 0.6 is 27.7 Å². The quantitative estimate of drug-likeness (QED) is 0.851. The molecule has 0 amide bonds. The standard InChI is InChI=1S/C13H20BrN3O2S2/c1-4-15-13-12(7-11(14)8-16-13)21(18,19)17-5-6-20-10(3)9(17)2/h7-10H,4-6H2,1-3H3,(H,15,16). The van der Waals surface area contributed by atoms with E-state index in [9.17, 15) is 8.42 Å². The van der Waals surface area contributed by atoms with Gasteiger partial charge >= 0.3 is 0 Å². The molecule has 8 heteroatoms. The first kappa shape index (κ1) is 17.1. The molecule has 1 saturated heterocycles. The molecule has 0 aliphatic carbocycles. The van der Waals surface area contributed by atoms with Crippen LogP contribution in [0.1, 0.15) is 20.8 Å². The van der Waals surface area contributed by atoms with Gasteiger partial charge in [-0.25, -0.2) is 13.4 Å². The number of aromatic nitrogens is 1. The molecule has 1 aromatic heterocycles. The smallest absolute Gasteiger partial charge is 0.247 e. The topological polar surface area (TPSA) is 62.3 Å². The van der Waals surface area contributed by atoms with Gasteiger partial charge in [-0.15, -0.1) is 0 Å². The van der Waals surface area contributed by atoms with E-state index < -0.39 is 10.0 Å². The molecule has 2 unspecified atom stereocenters. The van der Waals surface area contributed by atoms with Crippen molar-refractivity contribution in [2.24, 2.45) is 0 Å². The van der Waals surface area contributed by atoms with Crippen LogP contribution in [0, 0.1) is 0 Å². The number of nitrogens with one attached hydrogen (secondary N) is 1. The summed E-state index contributed by atoms with van der Waals surface area (Å²) in [6, 6.07) is 1.60. The summed E-state index contributed by atoms with van der Waals surface area (Å²) in [5, 5.41) is 3.32. The highest BCUT2D eigenvalue weighted by Gasteiger charge is 2.36. The summed E-state index contributed by atoms with van der Waals surface area (Å²) in [5.74, 6) is 1.24. The van der Waals surface area contributed by atoms with Crippen molar-refractivity contribution in [3.05, 3.63) is 16.7 Å². The van der Waals surface area contributed by atoms with Gasteiger partial charge in [-0.05, 0) is 35.8 Å². The molecular formula is C13H20BrN3O2S2. The van der Waals surface area contributed by atoms with Crippen LogP contribution in [0.25, 0.3) is 0 Å². The SMILES string of the molecule is CCNc1ncc(Br)cc1S(=O)(=O)N1CCSC(C)C1C. The zero-order chi connectivity index (χ0) is 15.6. The number of anilines is 1. The summed E-state index contributed by atoms with van der Waals surface area (Å²) in [7, 11) is -3.55. The fourth-order valence-electron chi connectivity index (χ4n) is 2.29. The maximum absolute atomic E-state index is 13.0. The molecule has 2 rings (SSSR count). The number of hydrogen-bond donors (Lipinski definition) is 1. The van der Waals surface area contributed by atoms with Crippen LogP contribution in [0.4, 0.5) is 5.82 Å². The lowest BCUT2D eigenvalue weighted by molar-refractivity contribution is 0.340. The molecule has 21 heavy (non-hydrogen) atoms. The van der Waals surface area contributed by atoms with Crippen molar-refractivity contribution in [2.45, 2.75) is 37.0 Å². The molecule has 1 aliphatic heterocycles. The Morgan fingerprint density at radius 2 is 2.24 bits per heavy atom. The van der Waals surface area contributed by atoms with Gasteiger partial charge in [-0.2, -0.15) is 16.1 Å². The normalized spacial score (nSPS) is 24.0. The van der Waals surface area contributed by atoms with E-state index in [1.165, 1.54) is 0 Å². The molecule has 1 aliphatic rings. The minimum atomic E-state index is -3.55. The molecule has 1 fully saturated rings. The molecule has 0 aromatic carbocycles. The largest absolute Gasteiger partial charge is 0.369 e. The number of nitrogens with zero attached hydrogens (tertiary/aromatic N) is 2. The number of hydrogen-bond acceptors (Lipinski definition) is 5. The van der Waals surface area contributed by atoms with Crippen LogP contribution < -0.4 is 5.32 Å². The molecule has 0 radical (unpaired) electrons. The first-order valence-electron chi connectivity index (χ1n) is 6.90. The molecule has 118 valence electrons. The van der Waals surface area contributed by atoms with Gasteiger partial charge in [0.05, 0.1) is 0 Å². The van der Waals surface area contributed by atoms with E-state index >= 15 is 0 Å². The summed E-state index contributed by atoms with van der Waals surface area (Å²) < 4.78 is 28.3. The number of halogens is 1. The van der Waals surface area contributed by atoms with Gasteiger partial charge < -0.3 is 5.32 Å². The van der Waals surface area contributed by atoms with Crippen molar-refractivity contribution in [3.8, 4) is 0 Å². The molecule has 2 atom stereocenters. The second kappa shape index (κ2) is 6.85. The van der Waals surface area contributed by atoms with Crippen LogP contribution in [-0.4, -0.2) is 47.8 Å². The summed E-state index contributed by atoms with van der Waals surface area (Å²) in [4.78, 5) is 4.44. The Bertz CT molecular complexity index is 609. The fraction of sp³-hybridized carbons (Fsp3) is 0.615. The van der Waals surface area contributed by atoms with Gasteiger partial charge in [0.2, 0.25) is 10.0 Å². The summed E-state index contributed by atoms with van der Waals surface area (Å²) in [5.41, 5.74) is 0. The highest BCUT2D eigenvalue weighted by atomic mass is 79.9. The molecule has 0 saturated carbocycles. The lowest BCUT2D eigenvalue weighted by Crippen LogP contribution is -2.47. The summed E-state index contributed by atoms with van der Waals surface area (Å²) in [6.45, 7) is 7.12. The average molecular weight is 394 g/mol. The van der Waals surface area contributed by atoms with Crippen molar-refractivity contribution in [1.29, 1.82) is 0 Å². The summed E-state index contributed by atoms with van der Waals surface area (Å²) >= 11 is 5.13. The van der Waals surface area contributed by atoms with E-state index in [1.807, 2.05) is 25.6 Å². The monoisotopic (exact) mass is 393 g/mol. The average Bonchev–Trinajstić information content (AvgIpc) is 2.43. The van der Waals surface area contributed by atoms with Gasteiger partial charge in [-0.3, -0.25) is 0 Å². The van der Waals surface area contributed by atoms with Crippen molar-refractivity contribution in [2.75, 3.05) is 24.2 Å². The van der Waals surface area contributed by atoms with Crippen LogP contribution in [0.15, 0.2) is 21.6 Å². The molecular weight excluding hydrogens is 374 g/mol. The van der Waals surface area contributed by atoms with E-state index in [0.29, 0.717) is 23.4 Å². The van der Waals surface area contributed by atoms with Crippen molar-refractivity contribution in [1.82, 2.24) is 9.29 Å². The van der Waals surface area contributed by atoms with Gasteiger partial charge in [-0.1, -0.05) is 6.92 Å². The van der Waals surface area contributed by atoms with Crippen LogP contribution in [0.3, 0.4) is 0 Å². The Balaban J connectivity index is 2.45.